The number of hydrogen-bond donors (Lipinski definition) is 0. The van der Waals surface area contributed by atoms with Gasteiger partial charge in [0.15, 0.2) is 23.0 Å². The number of rotatable bonds is 2. The Morgan fingerprint density at radius 1 is 0.525 bits per heavy atom. The van der Waals surface area contributed by atoms with Gasteiger partial charge >= 0.3 is 0 Å². The van der Waals surface area contributed by atoms with E-state index in [0.717, 1.165) is 62.7 Å². The van der Waals surface area contributed by atoms with Gasteiger partial charge in [0.2, 0.25) is 13.6 Å². The minimum atomic E-state index is 0.0633. The smallest absolute Gasteiger partial charge is 0.252 e. The molecule has 0 fully saturated rings. The van der Waals surface area contributed by atoms with Crippen LogP contribution in [0, 0.1) is 6.92 Å². The predicted octanol–water partition coefficient (Wildman–Crippen LogP) is 5.54. The van der Waals surface area contributed by atoms with Crippen LogP contribution in [0.1, 0.15) is 5.56 Å². The van der Waals surface area contributed by atoms with Crippen molar-refractivity contribution in [2.45, 2.75) is 6.92 Å². The van der Waals surface area contributed by atoms with Gasteiger partial charge in [-0.1, -0.05) is 48.5 Å². The SMILES string of the molecule is Cc1cc2c3c(c1)N(c1cccc4c1OCO4)c1ccccc1B3c1ccccc1N2c1cccc2c1OCO2. The van der Waals surface area contributed by atoms with Crippen LogP contribution in [0.3, 0.4) is 0 Å². The molecule has 4 heterocycles. The molecule has 0 saturated heterocycles. The summed E-state index contributed by atoms with van der Waals surface area (Å²) in [6.45, 7) is 2.67. The lowest BCUT2D eigenvalue weighted by Gasteiger charge is -2.44. The van der Waals surface area contributed by atoms with Crippen LogP contribution in [0.5, 0.6) is 23.0 Å². The Kier molecular flexibility index (Phi) is 4.36. The van der Waals surface area contributed by atoms with Gasteiger partial charge in [-0.05, 0) is 77.4 Å². The van der Waals surface area contributed by atoms with Crippen molar-refractivity contribution in [1.82, 2.24) is 0 Å². The van der Waals surface area contributed by atoms with Gasteiger partial charge < -0.3 is 28.7 Å². The van der Waals surface area contributed by atoms with Gasteiger partial charge in [0.1, 0.15) is 0 Å². The maximum Gasteiger partial charge on any atom is 0.252 e. The van der Waals surface area contributed by atoms with E-state index in [-0.39, 0.29) is 20.3 Å². The van der Waals surface area contributed by atoms with E-state index in [1.54, 1.807) is 0 Å². The number of aryl methyl sites for hydroxylation is 1. The number of anilines is 6. The molecule has 7 heteroatoms. The first kappa shape index (κ1) is 21.9. The summed E-state index contributed by atoms with van der Waals surface area (Å²) in [5.41, 5.74) is 11.4. The molecule has 6 nitrogen and oxygen atoms in total. The summed E-state index contributed by atoms with van der Waals surface area (Å²) in [4.78, 5) is 4.68. The fourth-order valence-corrected chi connectivity index (χ4v) is 6.74. The van der Waals surface area contributed by atoms with Gasteiger partial charge in [0.05, 0.1) is 11.4 Å². The van der Waals surface area contributed by atoms with Crippen LogP contribution in [0.15, 0.2) is 97.1 Å². The Labute approximate surface area is 232 Å². The molecule has 0 atom stereocenters. The molecule has 0 N–H and O–H groups in total. The van der Waals surface area contributed by atoms with Gasteiger partial charge in [-0.3, -0.25) is 0 Å². The average Bonchev–Trinajstić information content (AvgIpc) is 3.67. The standard InChI is InChI=1S/C33H23BN2O4/c1-20-16-27-31-28(17-20)36(26-13-7-15-30-33(26)40-19-38-30)24-11-5-3-9-22(24)34(31)21-8-2-4-10-23(21)35(27)25-12-6-14-29-32(25)39-18-37-29/h2-17H,18-19H2,1H3. The average molecular weight is 522 g/mol. The third-order valence-corrected chi connectivity index (χ3v) is 8.26. The largest absolute Gasteiger partial charge is 0.454 e. The molecule has 9 rings (SSSR count). The van der Waals surface area contributed by atoms with Crippen LogP contribution in [0.25, 0.3) is 0 Å². The number of benzene rings is 5. The molecule has 0 bridgehead atoms. The fourth-order valence-electron chi connectivity index (χ4n) is 6.74. The topological polar surface area (TPSA) is 43.4 Å². The second kappa shape index (κ2) is 7.99. The molecule has 0 aliphatic carbocycles. The van der Waals surface area contributed by atoms with Crippen LogP contribution in [-0.2, 0) is 0 Å². The maximum absolute atomic E-state index is 6.03. The van der Waals surface area contributed by atoms with E-state index < -0.39 is 0 Å². The van der Waals surface area contributed by atoms with Gasteiger partial charge in [-0.2, -0.15) is 0 Å². The van der Waals surface area contributed by atoms with E-state index >= 15 is 0 Å². The molecule has 0 radical (unpaired) electrons. The summed E-state index contributed by atoms with van der Waals surface area (Å²) in [5, 5.41) is 0. The van der Waals surface area contributed by atoms with Crippen LogP contribution in [-0.4, -0.2) is 20.3 Å². The minimum Gasteiger partial charge on any atom is -0.454 e. The second-order valence-electron chi connectivity index (χ2n) is 10.5. The zero-order valence-corrected chi connectivity index (χ0v) is 21.8. The van der Waals surface area contributed by atoms with Gasteiger partial charge in [-0.15, -0.1) is 0 Å². The molecule has 0 aromatic heterocycles. The highest BCUT2D eigenvalue weighted by atomic mass is 16.7. The van der Waals surface area contributed by atoms with Gasteiger partial charge in [0.25, 0.3) is 6.71 Å². The van der Waals surface area contributed by atoms with E-state index in [2.05, 4.69) is 89.5 Å². The molecular formula is C33H23BN2O4. The third-order valence-electron chi connectivity index (χ3n) is 8.26. The monoisotopic (exact) mass is 522 g/mol. The molecule has 40 heavy (non-hydrogen) atoms. The number of fused-ring (bicyclic) bond motifs is 6. The van der Waals surface area contributed by atoms with Crippen LogP contribution < -0.4 is 45.1 Å². The fraction of sp³-hybridized carbons (Fsp3) is 0.0909. The molecule has 0 amide bonds. The van der Waals surface area contributed by atoms with Gasteiger partial charge in [0, 0.05) is 22.7 Å². The molecule has 4 aliphatic heterocycles. The number of para-hydroxylation sites is 4. The van der Waals surface area contributed by atoms with E-state index in [1.165, 1.54) is 16.4 Å². The zero-order valence-electron chi connectivity index (χ0n) is 21.8. The highest BCUT2D eigenvalue weighted by Gasteiger charge is 2.44. The molecule has 0 saturated carbocycles. The lowest BCUT2D eigenvalue weighted by molar-refractivity contribution is 0.174. The lowest BCUT2D eigenvalue weighted by atomic mass is 9.33. The normalized spacial score (nSPS) is 15.1. The molecule has 192 valence electrons. The third kappa shape index (κ3) is 2.84. The number of hydrogen-bond acceptors (Lipinski definition) is 6. The summed E-state index contributed by atoms with van der Waals surface area (Å²) in [6.07, 6.45) is 0. The van der Waals surface area contributed by atoms with Crippen LogP contribution >= 0.6 is 0 Å². The Balaban J connectivity index is 1.38. The molecule has 0 unspecified atom stereocenters. The highest BCUT2D eigenvalue weighted by Crippen LogP contribution is 2.51. The first-order valence-electron chi connectivity index (χ1n) is 13.5. The van der Waals surface area contributed by atoms with Crippen molar-refractivity contribution in [3.05, 3.63) is 103 Å². The van der Waals surface area contributed by atoms with E-state index in [4.69, 9.17) is 18.9 Å². The molecule has 5 aromatic carbocycles. The van der Waals surface area contributed by atoms with Gasteiger partial charge in [-0.25, -0.2) is 0 Å². The Bertz CT molecular complexity index is 1740. The van der Waals surface area contributed by atoms with E-state index in [9.17, 15) is 0 Å². The van der Waals surface area contributed by atoms with Crippen molar-refractivity contribution < 1.29 is 18.9 Å². The Morgan fingerprint density at radius 3 is 1.52 bits per heavy atom. The predicted molar refractivity (Wildman–Crippen MR) is 157 cm³/mol. The minimum absolute atomic E-state index is 0.0633. The molecular weight excluding hydrogens is 499 g/mol. The number of nitrogens with zero attached hydrogens (tertiary/aromatic N) is 2. The summed E-state index contributed by atoms with van der Waals surface area (Å²) in [7, 11) is 0. The Morgan fingerprint density at radius 2 is 1.00 bits per heavy atom. The van der Waals surface area contributed by atoms with Crippen molar-refractivity contribution >= 4 is 57.2 Å². The summed E-state index contributed by atoms with van der Waals surface area (Å²) >= 11 is 0. The molecule has 4 aliphatic rings. The number of ether oxygens (including phenoxy) is 4. The highest BCUT2D eigenvalue weighted by molar-refractivity contribution is 7.00. The first-order valence-corrected chi connectivity index (χ1v) is 13.5. The zero-order chi connectivity index (χ0) is 26.4. The molecule has 5 aromatic rings. The lowest BCUT2D eigenvalue weighted by Crippen LogP contribution is -2.61. The summed E-state index contributed by atoms with van der Waals surface area (Å²) < 4.78 is 23.6. The summed E-state index contributed by atoms with van der Waals surface area (Å²) in [6, 6.07) is 34.2. The summed E-state index contributed by atoms with van der Waals surface area (Å²) in [5.74, 6) is 3.07. The van der Waals surface area contributed by atoms with Crippen LogP contribution in [0.2, 0.25) is 0 Å². The van der Waals surface area contributed by atoms with E-state index in [0.29, 0.717) is 0 Å². The maximum atomic E-state index is 6.03. The van der Waals surface area contributed by atoms with E-state index in [1.807, 2.05) is 24.3 Å². The van der Waals surface area contributed by atoms with Crippen molar-refractivity contribution in [3.8, 4) is 23.0 Å². The molecule has 0 spiro atoms. The van der Waals surface area contributed by atoms with Crippen molar-refractivity contribution in [1.29, 1.82) is 0 Å². The first-order chi connectivity index (χ1) is 19.8. The van der Waals surface area contributed by atoms with Crippen molar-refractivity contribution in [2.24, 2.45) is 0 Å². The second-order valence-corrected chi connectivity index (χ2v) is 10.5. The van der Waals surface area contributed by atoms with Crippen molar-refractivity contribution in [3.63, 3.8) is 0 Å². The van der Waals surface area contributed by atoms with Crippen LogP contribution in [0.4, 0.5) is 34.1 Å². The quantitative estimate of drug-likeness (QED) is 0.278. The van der Waals surface area contributed by atoms with Crippen molar-refractivity contribution in [2.75, 3.05) is 23.4 Å². The Hall–Kier alpha value is -5.04.